The van der Waals surface area contributed by atoms with E-state index in [0.29, 0.717) is 0 Å². The van der Waals surface area contributed by atoms with Crippen LogP contribution in [0.4, 0.5) is 0 Å². The van der Waals surface area contributed by atoms with Gasteiger partial charge >= 0.3 is 16.4 Å². The lowest BCUT2D eigenvalue weighted by Gasteiger charge is -2.16. The summed E-state index contributed by atoms with van der Waals surface area (Å²) in [6.07, 6.45) is 0. The summed E-state index contributed by atoms with van der Waals surface area (Å²) in [5, 5.41) is 16.8. The zero-order valence-electron chi connectivity index (χ0n) is 5.70. The first-order valence-electron chi connectivity index (χ1n) is 2.74. The molecule has 2 N–H and O–H groups in total. The fourth-order valence-electron chi connectivity index (χ4n) is 0.414. The van der Waals surface area contributed by atoms with Crippen molar-refractivity contribution in [2.24, 2.45) is 0 Å². The monoisotopic (exact) mass is 226 g/mol. The minimum Gasteiger partial charge on any atom is -0.478 e. The van der Waals surface area contributed by atoms with Gasteiger partial charge in [0.2, 0.25) is 0 Å². The maximum Gasteiger partial charge on any atom is 0.359 e. The number of hydrogen-bond acceptors (Lipinski definition) is 3. The fourth-order valence-corrected chi connectivity index (χ4v) is 0.643. The Morgan fingerprint density at radius 2 is 1.82 bits per heavy atom. The van der Waals surface area contributed by atoms with Crippen molar-refractivity contribution >= 4 is 27.9 Å². The highest BCUT2D eigenvalue weighted by Crippen LogP contribution is 2.20. The van der Waals surface area contributed by atoms with E-state index in [1.807, 2.05) is 0 Å². The van der Waals surface area contributed by atoms with E-state index >= 15 is 0 Å². The van der Waals surface area contributed by atoms with Crippen molar-refractivity contribution in [2.45, 2.75) is 11.4 Å². The molecular weight excluding hydrogens is 220 g/mol. The molecule has 0 aliphatic heterocycles. The van der Waals surface area contributed by atoms with E-state index in [9.17, 15) is 9.59 Å². The van der Waals surface area contributed by atoms with Crippen molar-refractivity contribution in [1.82, 2.24) is 0 Å². The van der Waals surface area contributed by atoms with Crippen LogP contribution in [0.5, 0.6) is 0 Å². The maximum absolute atomic E-state index is 10.3. The number of ether oxygens (including phenoxy) is 1. The number of carboxylic acids is 2. The van der Waals surface area contributed by atoms with Crippen LogP contribution < -0.4 is 0 Å². The molecule has 0 spiro atoms. The van der Waals surface area contributed by atoms with Gasteiger partial charge in [-0.3, -0.25) is 0 Å². The molecule has 0 aliphatic rings. The second-order valence-electron chi connectivity index (χ2n) is 1.64. The number of carbonyl (C=O) groups is 2. The Labute approximate surface area is 71.1 Å². The second-order valence-corrected chi connectivity index (χ2v) is 2.76. The maximum atomic E-state index is 10.3. The summed E-state index contributed by atoms with van der Waals surface area (Å²) in [6, 6.07) is 0. The van der Waals surface area contributed by atoms with Crippen molar-refractivity contribution in [3.05, 3.63) is 0 Å². The van der Waals surface area contributed by atoms with E-state index in [4.69, 9.17) is 10.2 Å². The molecule has 11 heavy (non-hydrogen) atoms. The molecule has 6 heteroatoms. The third-order valence-corrected chi connectivity index (χ3v) is 1.80. The number of rotatable bonds is 4. The molecule has 0 unspecified atom stereocenters. The van der Waals surface area contributed by atoms with Gasteiger partial charge in [0.15, 0.2) is 0 Å². The molecule has 0 saturated carbocycles. The molecule has 0 fully saturated rings. The Balaban J connectivity index is 4.52. The number of halogens is 1. The molecule has 0 amide bonds. The first-order valence-corrected chi connectivity index (χ1v) is 3.54. The van der Waals surface area contributed by atoms with E-state index < -0.39 is 16.4 Å². The van der Waals surface area contributed by atoms with Gasteiger partial charge < -0.3 is 14.9 Å². The van der Waals surface area contributed by atoms with Gasteiger partial charge in [0.05, 0.1) is 0 Å². The topological polar surface area (TPSA) is 83.8 Å². The van der Waals surface area contributed by atoms with Crippen molar-refractivity contribution in [3.63, 3.8) is 0 Å². The first kappa shape index (κ1) is 10.4. The van der Waals surface area contributed by atoms with Crippen LogP contribution in [-0.2, 0) is 14.3 Å². The van der Waals surface area contributed by atoms with Crippen LogP contribution >= 0.6 is 15.9 Å². The summed E-state index contributed by atoms with van der Waals surface area (Å²) in [4.78, 5) is 20.6. The van der Waals surface area contributed by atoms with Crippen molar-refractivity contribution in [3.8, 4) is 0 Å². The highest BCUT2D eigenvalue weighted by atomic mass is 79.9. The van der Waals surface area contributed by atoms with Gasteiger partial charge in [0.1, 0.15) is 0 Å². The zero-order valence-corrected chi connectivity index (χ0v) is 7.29. The zero-order chi connectivity index (χ0) is 9.07. The molecule has 64 valence electrons. The fraction of sp³-hybridized carbons (Fsp3) is 0.600. The van der Waals surface area contributed by atoms with E-state index in [0.717, 1.165) is 0 Å². The first-order chi connectivity index (χ1) is 4.95. The van der Waals surface area contributed by atoms with Crippen molar-refractivity contribution in [2.75, 3.05) is 6.61 Å². The summed E-state index contributed by atoms with van der Waals surface area (Å²) in [5.41, 5.74) is 0. The molecule has 0 bridgehead atoms. The highest BCUT2D eigenvalue weighted by molar-refractivity contribution is 9.10. The summed E-state index contributed by atoms with van der Waals surface area (Å²) >= 11 is 2.45. The molecule has 0 atom stereocenters. The lowest BCUT2D eigenvalue weighted by Crippen LogP contribution is -2.43. The van der Waals surface area contributed by atoms with Crippen LogP contribution in [-0.4, -0.2) is 33.3 Å². The average molecular weight is 227 g/mol. The molecule has 0 aromatic rings. The lowest BCUT2D eigenvalue weighted by atomic mass is 10.4. The van der Waals surface area contributed by atoms with Crippen LogP contribution in [0, 0.1) is 0 Å². The minimum absolute atomic E-state index is 0.00382. The Morgan fingerprint density at radius 3 is 1.91 bits per heavy atom. The molecule has 0 aromatic heterocycles. The van der Waals surface area contributed by atoms with E-state index in [1.165, 1.54) is 6.92 Å². The molecule has 0 rings (SSSR count). The molecule has 0 aromatic carbocycles. The van der Waals surface area contributed by atoms with Crippen molar-refractivity contribution < 1.29 is 24.5 Å². The quantitative estimate of drug-likeness (QED) is 0.532. The van der Waals surface area contributed by atoms with Gasteiger partial charge in [-0.15, -0.1) is 0 Å². The Morgan fingerprint density at radius 1 is 1.45 bits per heavy atom. The smallest absolute Gasteiger partial charge is 0.359 e. The van der Waals surface area contributed by atoms with Gasteiger partial charge in [-0.25, -0.2) is 9.59 Å². The summed E-state index contributed by atoms with van der Waals surface area (Å²) in [5.74, 6) is -3.15. The summed E-state index contributed by atoms with van der Waals surface area (Å²) in [7, 11) is 0. The number of carboxylic acid groups (broad SMARTS) is 2. The Kier molecular flexibility index (Phi) is 3.47. The Bertz CT molecular complexity index is 164. The lowest BCUT2D eigenvalue weighted by molar-refractivity contribution is -0.168. The predicted molar refractivity (Wildman–Crippen MR) is 38.6 cm³/mol. The third-order valence-electron chi connectivity index (χ3n) is 0.893. The predicted octanol–water partition coefficient (Wildman–Crippen LogP) is 0.283. The second kappa shape index (κ2) is 3.68. The van der Waals surface area contributed by atoms with Crippen LogP contribution in [0.2, 0.25) is 0 Å². The molecule has 0 heterocycles. The molecule has 5 nitrogen and oxygen atoms in total. The third kappa shape index (κ3) is 2.16. The van der Waals surface area contributed by atoms with Crippen LogP contribution in [0.15, 0.2) is 0 Å². The largest absolute Gasteiger partial charge is 0.478 e. The molecular formula is C5H7BrO5. The van der Waals surface area contributed by atoms with Gasteiger partial charge in [0, 0.05) is 6.61 Å². The Hall–Kier alpha value is -0.620. The molecule has 0 aliphatic carbocycles. The summed E-state index contributed by atoms with van der Waals surface area (Å²) < 4.78 is 2.17. The number of aliphatic carboxylic acids is 2. The van der Waals surface area contributed by atoms with E-state index in [2.05, 4.69) is 20.7 Å². The molecule has 0 saturated heterocycles. The van der Waals surface area contributed by atoms with E-state index in [1.54, 1.807) is 0 Å². The average Bonchev–Trinajstić information content (AvgIpc) is 1.87. The van der Waals surface area contributed by atoms with Crippen LogP contribution in [0.3, 0.4) is 0 Å². The minimum atomic E-state index is -2.30. The van der Waals surface area contributed by atoms with Gasteiger partial charge in [-0.05, 0) is 22.9 Å². The van der Waals surface area contributed by atoms with Crippen LogP contribution in [0.25, 0.3) is 0 Å². The number of hydrogen-bond donors (Lipinski definition) is 2. The standard InChI is InChI=1S/C5H7BrO5/c1-2-11-5(6,3(7)8)4(9)10/h2H2,1H3,(H,7,8)(H,9,10). The number of alkyl halides is 1. The van der Waals surface area contributed by atoms with Crippen molar-refractivity contribution in [1.29, 1.82) is 0 Å². The van der Waals surface area contributed by atoms with E-state index in [-0.39, 0.29) is 6.61 Å². The molecule has 0 radical (unpaired) electrons. The highest BCUT2D eigenvalue weighted by Gasteiger charge is 2.45. The summed E-state index contributed by atoms with van der Waals surface area (Å²) in [6.45, 7) is 1.51. The SMILES string of the molecule is CCOC(Br)(C(=O)O)C(=O)O. The van der Waals surface area contributed by atoms with Gasteiger partial charge in [-0.1, -0.05) is 0 Å². The van der Waals surface area contributed by atoms with Gasteiger partial charge in [-0.2, -0.15) is 0 Å². The normalized spacial score (nSPS) is 11.1. The van der Waals surface area contributed by atoms with Crippen LogP contribution in [0.1, 0.15) is 6.92 Å². The van der Waals surface area contributed by atoms with Gasteiger partial charge in [0.25, 0.3) is 0 Å².